The molecule has 7 heteroatoms. The molecule has 1 aromatic heterocycles. The number of nitrogens with zero attached hydrogens (tertiary/aromatic N) is 1. The second-order valence-corrected chi connectivity index (χ2v) is 5.66. The van der Waals surface area contributed by atoms with Gasteiger partial charge in [0.1, 0.15) is 0 Å². The predicted molar refractivity (Wildman–Crippen MR) is 80.3 cm³/mol. The van der Waals surface area contributed by atoms with Gasteiger partial charge in [0.15, 0.2) is 0 Å². The number of anilines is 1. The van der Waals surface area contributed by atoms with Crippen LogP contribution < -0.4 is 16.2 Å². The molecule has 1 amide bonds. The highest BCUT2D eigenvalue weighted by molar-refractivity contribution is 7.99. The van der Waals surface area contributed by atoms with Gasteiger partial charge in [-0.25, -0.2) is 0 Å². The van der Waals surface area contributed by atoms with Gasteiger partial charge in [-0.05, 0) is 6.07 Å². The van der Waals surface area contributed by atoms with Crippen molar-refractivity contribution in [1.29, 1.82) is 0 Å². The van der Waals surface area contributed by atoms with E-state index in [4.69, 9.17) is 4.74 Å². The van der Waals surface area contributed by atoms with Crippen molar-refractivity contribution >= 4 is 23.4 Å². The topological polar surface area (TPSA) is 72.4 Å². The molecule has 20 heavy (non-hydrogen) atoms. The minimum Gasteiger partial charge on any atom is -0.383 e. The third-order valence-corrected chi connectivity index (χ3v) is 4.09. The van der Waals surface area contributed by atoms with Gasteiger partial charge in [0.2, 0.25) is 5.91 Å². The zero-order valence-corrected chi connectivity index (χ0v) is 12.2. The van der Waals surface area contributed by atoms with Crippen LogP contribution in [0.2, 0.25) is 0 Å². The number of pyridine rings is 1. The highest BCUT2D eigenvalue weighted by atomic mass is 32.2. The smallest absolute Gasteiger partial charge is 0.250 e. The lowest BCUT2D eigenvalue weighted by atomic mass is 10.3. The Morgan fingerprint density at radius 2 is 2.45 bits per heavy atom. The van der Waals surface area contributed by atoms with Crippen molar-refractivity contribution in [2.75, 3.05) is 37.1 Å². The van der Waals surface area contributed by atoms with Gasteiger partial charge in [0.25, 0.3) is 5.56 Å². The second-order valence-electron chi connectivity index (χ2n) is 4.51. The van der Waals surface area contributed by atoms with Crippen molar-refractivity contribution in [3.63, 3.8) is 0 Å². The summed E-state index contributed by atoms with van der Waals surface area (Å²) in [5.41, 5.74) is 0.523. The van der Waals surface area contributed by atoms with Crippen LogP contribution in [0.3, 0.4) is 0 Å². The summed E-state index contributed by atoms with van der Waals surface area (Å²) in [5.74, 6) is 1.75. The first-order chi connectivity index (χ1) is 9.70. The molecule has 1 aromatic rings. The Morgan fingerprint density at radius 3 is 3.15 bits per heavy atom. The van der Waals surface area contributed by atoms with E-state index in [-0.39, 0.29) is 17.5 Å². The molecule has 6 nitrogen and oxygen atoms in total. The second kappa shape index (κ2) is 7.47. The Morgan fingerprint density at radius 1 is 1.60 bits per heavy atom. The van der Waals surface area contributed by atoms with Crippen molar-refractivity contribution < 1.29 is 9.53 Å². The van der Waals surface area contributed by atoms with E-state index in [9.17, 15) is 9.59 Å². The van der Waals surface area contributed by atoms with E-state index < -0.39 is 0 Å². The molecule has 1 saturated heterocycles. The fourth-order valence-electron chi connectivity index (χ4n) is 1.93. The first kappa shape index (κ1) is 15.1. The summed E-state index contributed by atoms with van der Waals surface area (Å²) in [6.07, 6.45) is 1.65. The van der Waals surface area contributed by atoms with Gasteiger partial charge in [-0.3, -0.25) is 9.59 Å². The monoisotopic (exact) mass is 297 g/mol. The number of nitrogens with one attached hydrogen (secondary N) is 2. The number of carbonyl (C=O) groups is 1. The van der Waals surface area contributed by atoms with Gasteiger partial charge in [-0.2, -0.15) is 11.8 Å². The molecule has 110 valence electrons. The summed E-state index contributed by atoms with van der Waals surface area (Å²) in [6.45, 7) is 1.77. The van der Waals surface area contributed by atoms with Crippen molar-refractivity contribution in [2.45, 2.75) is 12.6 Å². The number of hydrogen-bond donors (Lipinski definition) is 2. The minimum absolute atomic E-state index is 0.0610. The maximum atomic E-state index is 12.1. The standard InChI is InChI=1S/C13H19N3O3S/c1-19-6-5-16-8-10(2-3-12(16)17)15-13(18)11-9-20-7-4-14-11/h2-3,8,11,14H,4-7,9H2,1H3,(H,15,18). The molecular formula is C13H19N3O3S. The average Bonchev–Trinajstić information content (AvgIpc) is 2.48. The Hall–Kier alpha value is -1.31. The van der Waals surface area contributed by atoms with E-state index in [1.54, 1.807) is 31.1 Å². The molecule has 0 bridgehead atoms. The molecule has 1 aliphatic heterocycles. The van der Waals surface area contributed by atoms with E-state index in [2.05, 4.69) is 10.6 Å². The summed E-state index contributed by atoms with van der Waals surface area (Å²) in [5, 5.41) is 6.02. The number of methoxy groups -OCH3 is 1. The van der Waals surface area contributed by atoms with Crippen molar-refractivity contribution in [2.24, 2.45) is 0 Å². The molecule has 1 fully saturated rings. The lowest BCUT2D eigenvalue weighted by molar-refractivity contribution is -0.117. The number of thioether (sulfide) groups is 1. The van der Waals surface area contributed by atoms with Crippen molar-refractivity contribution in [1.82, 2.24) is 9.88 Å². The summed E-state index contributed by atoms with van der Waals surface area (Å²) >= 11 is 1.76. The number of hydrogen-bond acceptors (Lipinski definition) is 5. The van der Waals surface area contributed by atoms with Crippen LogP contribution in [0.5, 0.6) is 0 Å². The largest absolute Gasteiger partial charge is 0.383 e. The molecule has 2 N–H and O–H groups in total. The van der Waals surface area contributed by atoms with Crippen LogP contribution in [0.25, 0.3) is 0 Å². The first-order valence-electron chi connectivity index (χ1n) is 6.52. The maximum absolute atomic E-state index is 12.1. The van der Waals surface area contributed by atoms with Gasteiger partial charge in [-0.1, -0.05) is 0 Å². The molecule has 2 rings (SSSR count). The molecule has 0 aromatic carbocycles. The van der Waals surface area contributed by atoms with Crippen LogP contribution in [0, 0.1) is 0 Å². The Kier molecular flexibility index (Phi) is 5.63. The van der Waals surface area contributed by atoms with Gasteiger partial charge < -0.3 is 19.9 Å². The van der Waals surface area contributed by atoms with Gasteiger partial charge >= 0.3 is 0 Å². The zero-order valence-electron chi connectivity index (χ0n) is 11.4. The summed E-state index contributed by atoms with van der Waals surface area (Å²) in [4.78, 5) is 23.7. The Bertz CT molecular complexity index is 512. The number of rotatable bonds is 5. The fraction of sp³-hybridized carbons (Fsp3) is 0.538. The van der Waals surface area contributed by atoms with E-state index >= 15 is 0 Å². The molecule has 0 radical (unpaired) electrons. The summed E-state index contributed by atoms with van der Waals surface area (Å²) in [6, 6.07) is 2.90. The van der Waals surface area contributed by atoms with Crippen LogP contribution in [0.1, 0.15) is 0 Å². The predicted octanol–water partition coefficient (Wildman–Crippen LogP) is 0.138. The molecular weight excluding hydrogens is 278 g/mol. The van der Waals surface area contributed by atoms with E-state index in [1.165, 1.54) is 10.6 Å². The quantitative estimate of drug-likeness (QED) is 0.809. The van der Waals surface area contributed by atoms with Gasteiger partial charge in [-0.15, -0.1) is 0 Å². The lowest BCUT2D eigenvalue weighted by Gasteiger charge is -2.22. The van der Waals surface area contributed by atoms with Gasteiger partial charge in [0, 0.05) is 44.0 Å². The van der Waals surface area contributed by atoms with Crippen LogP contribution in [0.4, 0.5) is 5.69 Å². The van der Waals surface area contributed by atoms with Crippen LogP contribution in [-0.4, -0.2) is 48.3 Å². The molecule has 0 saturated carbocycles. The molecule has 1 unspecified atom stereocenters. The normalized spacial score (nSPS) is 18.8. The Balaban J connectivity index is 2.01. The number of amides is 1. The van der Waals surface area contributed by atoms with E-state index in [1.807, 2.05) is 0 Å². The molecule has 0 spiro atoms. The molecule has 2 heterocycles. The maximum Gasteiger partial charge on any atom is 0.250 e. The lowest BCUT2D eigenvalue weighted by Crippen LogP contribution is -2.46. The van der Waals surface area contributed by atoms with Crippen LogP contribution in [0.15, 0.2) is 23.1 Å². The third-order valence-electron chi connectivity index (χ3n) is 3.03. The average molecular weight is 297 g/mol. The highest BCUT2D eigenvalue weighted by Crippen LogP contribution is 2.10. The van der Waals surface area contributed by atoms with E-state index in [0.717, 1.165) is 18.1 Å². The number of ether oxygens (including phenoxy) is 1. The van der Waals surface area contributed by atoms with Crippen LogP contribution >= 0.6 is 11.8 Å². The van der Waals surface area contributed by atoms with Crippen molar-refractivity contribution in [3.05, 3.63) is 28.7 Å². The molecule has 1 aliphatic rings. The first-order valence-corrected chi connectivity index (χ1v) is 7.67. The summed E-state index contributed by atoms with van der Waals surface area (Å²) in [7, 11) is 1.59. The fourth-order valence-corrected chi connectivity index (χ4v) is 2.87. The third kappa shape index (κ3) is 4.09. The van der Waals surface area contributed by atoms with Crippen LogP contribution in [-0.2, 0) is 16.1 Å². The highest BCUT2D eigenvalue weighted by Gasteiger charge is 2.20. The molecule has 1 atom stereocenters. The minimum atomic E-state index is -0.173. The summed E-state index contributed by atoms with van der Waals surface area (Å²) < 4.78 is 6.49. The Labute approximate surface area is 121 Å². The van der Waals surface area contributed by atoms with Gasteiger partial charge in [0.05, 0.1) is 18.3 Å². The number of carbonyl (C=O) groups excluding carboxylic acids is 1. The number of aromatic nitrogens is 1. The van der Waals surface area contributed by atoms with E-state index in [0.29, 0.717) is 18.8 Å². The SMILES string of the molecule is COCCn1cc(NC(=O)C2CSCCN2)ccc1=O. The van der Waals surface area contributed by atoms with Crippen molar-refractivity contribution in [3.8, 4) is 0 Å². The zero-order chi connectivity index (χ0) is 14.4. The molecule has 0 aliphatic carbocycles.